The summed E-state index contributed by atoms with van der Waals surface area (Å²) in [5, 5.41) is 6.47. The standard InChI is InChI=1S/C12H22N4O/c1-10(2)16-12-14-8-11(9-15-12)7-13-5-4-6-17-3/h8-10,13H,4-7H2,1-3H3,(H,14,15,16). The number of nitrogens with one attached hydrogen (secondary N) is 2. The first kappa shape index (κ1) is 13.9. The molecule has 5 nitrogen and oxygen atoms in total. The van der Waals surface area contributed by atoms with Gasteiger partial charge in [0.25, 0.3) is 0 Å². The highest BCUT2D eigenvalue weighted by atomic mass is 16.5. The third kappa shape index (κ3) is 6.19. The Morgan fingerprint density at radius 3 is 2.59 bits per heavy atom. The molecule has 0 bridgehead atoms. The van der Waals surface area contributed by atoms with Gasteiger partial charge in [0.1, 0.15) is 0 Å². The highest BCUT2D eigenvalue weighted by molar-refractivity contribution is 5.25. The third-order valence-electron chi connectivity index (χ3n) is 2.15. The fraction of sp³-hybridized carbons (Fsp3) is 0.667. The maximum atomic E-state index is 4.97. The molecule has 1 aromatic rings. The van der Waals surface area contributed by atoms with Gasteiger partial charge in [0.05, 0.1) is 0 Å². The molecule has 17 heavy (non-hydrogen) atoms. The summed E-state index contributed by atoms with van der Waals surface area (Å²) in [6, 6.07) is 0.355. The van der Waals surface area contributed by atoms with Crippen LogP contribution >= 0.6 is 0 Å². The van der Waals surface area contributed by atoms with E-state index in [2.05, 4.69) is 34.4 Å². The molecule has 0 aliphatic heterocycles. The molecular weight excluding hydrogens is 216 g/mol. The summed E-state index contributed by atoms with van der Waals surface area (Å²) in [5.41, 5.74) is 1.09. The van der Waals surface area contributed by atoms with Gasteiger partial charge in [0, 0.05) is 44.3 Å². The Morgan fingerprint density at radius 2 is 2.00 bits per heavy atom. The molecule has 0 amide bonds. The molecule has 0 radical (unpaired) electrons. The average molecular weight is 238 g/mol. The second kappa shape index (κ2) is 7.97. The van der Waals surface area contributed by atoms with E-state index < -0.39 is 0 Å². The summed E-state index contributed by atoms with van der Waals surface area (Å²) < 4.78 is 4.97. The van der Waals surface area contributed by atoms with Crippen LogP contribution in [-0.4, -0.2) is 36.3 Å². The van der Waals surface area contributed by atoms with Crippen molar-refractivity contribution in [2.45, 2.75) is 32.9 Å². The average Bonchev–Trinajstić information content (AvgIpc) is 2.30. The highest BCUT2D eigenvalue weighted by Crippen LogP contribution is 2.01. The van der Waals surface area contributed by atoms with Crippen LogP contribution < -0.4 is 10.6 Å². The lowest BCUT2D eigenvalue weighted by molar-refractivity contribution is 0.194. The van der Waals surface area contributed by atoms with E-state index in [1.54, 1.807) is 7.11 Å². The molecule has 0 aliphatic rings. The number of rotatable bonds is 8. The third-order valence-corrected chi connectivity index (χ3v) is 2.15. The van der Waals surface area contributed by atoms with Gasteiger partial charge in [-0.1, -0.05) is 0 Å². The van der Waals surface area contributed by atoms with E-state index in [0.29, 0.717) is 12.0 Å². The van der Waals surface area contributed by atoms with Gasteiger partial charge in [-0.15, -0.1) is 0 Å². The number of anilines is 1. The first-order valence-electron chi connectivity index (χ1n) is 5.99. The minimum absolute atomic E-state index is 0.355. The zero-order chi connectivity index (χ0) is 12.5. The second-order valence-corrected chi connectivity index (χ2v) is 4.24. The van der Waals surface area contributed by atoms with Crippen LogP contribution in [0, 0.1) is 0 Å². The molecule has 0 atom stereocenters. The Bertz CT molecular complexity index is 300. The van der Waals surface area contributed by atoms with E-state index >= 15 is 0 Å². The molecule has 0 aromatic carbocycles. The molecule has 0 saturated heterocycles. The first-order valence-corrected chi connectivity index (χ1v) is 5.99. The van der Waals surface area contributed by atoms with Crippen LogP contribution in [0.5, 0.6) is 0 Å². The van der Waals surface area contributed by atoms with E-state index in [1.807, 2.05) is 12.4 Å². The number of hydrogen-bond acceptors (Lipinski definition) is 5. The number of aromatic nitrogens is 2. The monoisotopic (exact) mass is 238 g/mol. The van der Waals surface area contributed by atoms with E-state index in [0.717, 1.165) is 31.7 Å². The van der Waals surface area contributed by atoms with Crippen LogP contribution in [0.4, 0.5) is 5.95 Å². The maximum Gasteiger partial charge on any atom is 0.222 e. The van der Waals surface area contributed by atoms with Crippen molar-refractivity contribution in [2.24, 2.45) is 0 Å². The summed E-state index contributed by atoms with van der Waals surface area (Å²) in [6.07, 6.45) is 4.71. The Labute approximate surface area is 103 Å². The first-order chi connectivity index (χ1) is 8.22. The van der Waals surface area contributed by atoms with Crippen LogP contribution in [0.15, 0.2) is 12.4 Å². The van der Waals surface area contributed by atoms with Crippen molar-refractivity contribution in [3.63, 3.8) is 0 Å². The largest absolute Gasteiger partial charge is 0.385 e. The SMILES string of the molecule is COCCCNCc1cnc(NC(C)C)nc1. The summed E-state index contributed by atoms with van der Waals surface area (Å²) in [6.45, 7) is 6.66. The fourth-order valence-electron chi connectivity index (χ4n) is 1.35. The summed E-state index contributed by atoms with van der Waals surface area (Å²) in [5.74, 6) is 0.683. The van der Waals surface area contributed by atoms with Crippen molar-refractivity contribution in [3.8, 4) is 0 Å². The zero-order valence-electron chi connectivity index (χ0n) is 10.9. The van der Waals surface area contributed by atoms with Gasteiger partial charge in [-0.25, -0.2) is 9.97 Å². The van der Waals surface area contributed by atoms with Crippen molar-refractivity contribution in [1.82, 2.24) is 15.3 Å². The van der Waals surface area contributed by atoms with Gasteiger partial charge < -0.3 is 15.4 Å². The summed E-state index contributed by atoms with van der Waals surface area (Å²) in [7, 11) is 1.72. The van der Waals surface area contributed by atoms with Crippen LogP contribution in [0.2, 0.25) is 0 Å². The topological polar surface area (TPSA) is 59.1 Å². The molecule has 1 aromatic heterocycles. The fourth-order valence-corrected chi connectivity index (χ4v) is 1.35. The maximum absolute atomic E-state index is 4.97. The molecular formula is C12H22N4O. The predicted octanol–water partition coefficient (Wildman–Crippen LogP) is 1.42. The molecule has 96 valence electrons. The lowest BCUT2D eigenvalue weighted by Crippen LogP contribution is -2.17. The molecule has 1 rings (SSSR count). The van der Waals surface area contributed by atoms with Crippen molar-refractivity contribution in [1.29, 1.82) is 0 Å². The quantitative estimate of drug-likeness (QED) is 0.671. The van der Waals surface area contributed by atoms with Crippen LogP contribution in [0.25, 0.3) is 0 Å². The zero-order valence-corrected chi connectivity index (χ0v) is 10.9. The highest BCUT2D eigenvalue weighted by Gasteiger charge is 1.99. The number of hydrogen-bond donors (Lipinski definition) is 2. The molecule has 0 saturated carbocycles. The number of nitrogens with zero attached hydrogens (tertiary/aromatic N) is 2. The van der Waals surface area contributed by atoms with E-state index in [9.17, 15) is 0 Å². The molecule has 1 heterocycles. The minimum atomic E-state index is 0.355. The van der Waals surface area contributed by atoms with Crippen molar-refractivity contribution >= 4 is 5.95 Å². The van der Waals surface area contributed by atoms with E-state index in [1.165, 1.54) is 0 Å². The Morgan fingerprint density at radius 1 is 1.29 bits per heavy atom. The van der Waals surface area contributed by atoms with Gasteiger partial charge in [-0.2, -0.15) is 0 Å². The Hall–Kier alpha value is -1.20. The normalized spacial score (nSPS) is 10.8. The molecule has 5 heteroatoms. The van der Waals surface area contributed by atoms with Crippen LogP contribution in [0.3, 0.4) is 0 Å². The van der Waals surface area contributed by atoms with Gasteiger partial charge in [-0.3, -0.25) is 0 Å². The lowest BCUT2D eigenvalue weighted by Gasteiger charge is -2.08. The van der Waals surface area contributed by atoms with Gasteiger partial charge in [-0.05, 0) is 26.8 Å². The predicted molar refractivity (Wildman–Crippen MR) is 69.0 cm³/mol. The molecule has 2 N–H and O–H groups in total. The molecule has 0 fully saturated rings. The van der Waals surface area contributed by atoms with Crippen LogP contribution in [0.1, 0.15) is 25.8 Å². The number of methoxy groups -OCH3 is 1. The van der Waals surface area contributed by atoms with Gasteiger partial charge >= 0.3 is 0 Å². The van der Waals surface area contributed by atoms with Gasteiger partial charge in [0.2, 0.25) is 5.95 Å². The molecule has 0 spiro atoms. The molecule has 0 aliphatic carbocycles. The Balaban J connectivity index is 2.25. The number of ether oxygens (including phenoxy) is 1. The second-order valence-electron chi connectivity index (χ2n) is 4.24. The lowest BCUT2D eigenvalue weighted by atomic mass is 10.3. The molecule has 0 unspecified atom stereocenters. The van der Waals surface area contributed by atoms with Crippen molar-refractivity contribution < 1.29 is 4.74 Å². The van der Waals surface area contributed by atoms with Gasteiger partial charge in [0.15, 0.2) is 0 Å². The smallest absolute Gasteiger partial charge is 0.222 e. The summed E-state index contributed by atoms with van der Waals surface area (Å²) >= 11 is 0. The minimum Gasteiger partial charge on any atom is -0.385 e. The summed E-state index contributed by atoms with van der Waals surface area (Å²) in [4.78, 5) is 8.49. The van der Waals surface area contributed by atoms with Crippen LogP contribution in [-0.2, 0) is 11.3 Å². The van der Waals surface area contributed by atoms with Crippen molar-refractivity contribution in [2.75, 3.05) is 25.6 Å². The van der Waals surface area contributed by atoms with Crippen molar-refractivity contribution in [3.05, 3.63) is 18.0 Å². The van der Waals surface area contributed by atoms with E-state index in [4.69, 9.17) is 4.74 Å². The Kier molecular flexibility index (Phi) is 6.50. The van der Waals surface area contributed by atoms with E-state index in [-0.39, 0.29) is 0 Å².